The second-order valence-corrected chi connectivity index (χ2v) is 10.4. The molecule has 1 saturated heterocycles. The number of pyridine rings is 2. The van der Waals surface area contributed by atoms with Crippen LogP contribution in [0.2, 0.25) is 0 Å². The Kier molecular flexibility index (Phi) is 6.91. The van der Waals surface area contributed by atoms with Gasteiger partial charge in [0.05, 0.1) is 22.9 Å². The van der Waals surface area contributed by atoms with Crippen LogP contribution in [0.5, 0.6) is 0 Å². The van der Waals surface area contributed by atoms with Gasteiger partial charge in [-0.15, -0.1) is 0 Å². The number of benzene rings is 2. The quantitative estimate of drug-likeness (QED) is 0.306. The topological polar surface area (TPSA) is 126 Å². The maximum atomic E-state index is 9.40. The number of hydrogen-bond acceptors (Lipinski definition) is 9. The maximum Gasteiger partial charge on any atom is 0.165 e. The molecule has 0 aliphatic carbocycles. The molecule has 43 heavy (non-hydrogen) atoms. The molecule has 10 nitrogen and oxygen atoms in total. The zero-order chi connectivity index (χ0) is 29.2. The van der Waals surface area contributed by atoms with Crippen LogP contribution < -0.4 is 10.6 Å². The first-order valence-corrected chi connectivity index (χ1v) is 14.1. The summed E-state index contributed by atoms with van der Waals surface area (Å²) in [6, 6.07) is 27.8. The van der Waals surface area contributed by atoms with Gasteiger partial charge in [0.2, 0.25) is 0 Å². The van der Waals surface area contributed by atoms with Crippen molar-refractivity contribution in [3.8, 4) is 34.4 Å². The van der Waals surface area contributed by atoms with E-state index in [9.17, 15) is 5.26 Å². The average Bonchev–Trinajstić information content (AvgIpc) is 3.45. The van der Waals surface area contributed by atoms with Crippen molar-refractivity contribution in [2.24, 2.45) is 0 Å². The molecule has 1 aliphatic rings. The monoisotopic (exact) mass is 564 g/mol. The normalized spacial score (nSPS) is 13.7. The van der Waals surface area contributed by atoms with E-state index in [0.717, 1.165) is 66.6 Å². The Labute approximate surface area is 248 Å². The van der Waals surface area contributed by atoms with Crippen molar-refractivity contribution < 1.29 is 0 Å². The molecule has 0 unspecified atom stereocenters. The Morgan fingerprint density at radius 1 is 0.837 bits per heavy atom. The molecule has 0 saturated carbocycles. The van der Waals surface area contributed by atoms with Crippen LogP contribution in [0, 0.1) is 11.3 Å². The van der Waals surface area contributed by atoms with Crippen LogP contribution >= 0.6 is 0 Å². The van der Waals surface area contributed by atoms with Gasteiger partial charge in [0.1, 0.15) is 23.5 Å². The molecule has 10 heteroatoms. The van der Waals surface area contributed by atoms with Crippen molar-refractivity contribution >= 4 is 22.8 Å². The van der Waals surface area contributed by atoms with Crippen molar-refractivity contribution in [1.82, 2.24) is 34.4 Å². The summed E-state index contributed by atoms with van der Waals surface area (Å²) in [6.07, 6.45) is 5.06. The molecule has 5 heterocycles. The largest absolute Gasteiger partial charge is 0.383 e. The Balaban J connectivity index is 1.21. The summed E-state index contributed by atoms with van der Waals surface area (Å²) in [7, 11) is 0. The van der Waals surface area contributed by atoms with E-state index in [4.69, 9.17) is 15.7 Å². The number of anilines is 2. The van der Waals surface area contributed by atoms with E-state index in [1.165, 1.54) is 5.56 Å². The fourth-order valence-corrected chi connectivity index (χ4v) is 5.51. The molecule has 4 aromatic heterocycles. The van der Waals surface area contributed by atoms with Gasteiger partial charge in [-0.25, -0.2) is 24.9 Å². The van der Waals surface area contributed by atoms with E-state index in [1.54, 1.807) is 24.8 Å². The standard InChI is InChI=1S/C33H28N10/c34-20-24-3-1-4-25(19-24)28-10-11-29-33(39-28)43(32(40-29)27-5-2-13-37-31(27)35)26-8-6-23(7-9-26)21-41-15-17-42(18-16-41)30-12-14-36-22-38-30/h1-14,19,22H,15-18,21H2,(H2,35,37). The van der Waals surface area contributed by atoms with Crippen LogP contribution in [0.1, 0.15) is 11.1 Å². The van der Waals surface area contributed by atoms with Gasteiger partial charge >= 0.3 is 0 Å². The number of imidazole rings is 1. The van der Waals surface area contributed by atoms with Gasteiger partial charge in [0.25, 0.3) is 0 Å². The Hall–Kier alpha value is -5.66. The van der Waals surface area contributed by atoms with Gasteiger partial charge in [-0.2, -0.15) is 5.26 Å². The second kappa shape index (κ2) is 11.3. The zero-order valence-corrected chi connectivity index (χ0v) is 23.4. The van der Waals surface area contributed by atoms with Crippen LogP contribution in [0.4, 0.5) is 11.6 Å². The first-order chi connectivity index (χ1) is 21.2. The summed E-state index contributed by atoms with van der Waals surface area (Å²) in [5.74, 6) is 2.05. The minimum absolute atomic E-state index is 0.402. The van der Waals surface area contributed by atoms with E-state index in [2.05, 4.69) is 55.1 Å². The summed E-state index contributed by atoms with van der Waals surface area (Å²) in [4.78, 5) is 27.5. The van der Waals surface area contributed by atoms with Crippen molar-refractivity contribution in [1.29, 1.82) is 5.26 Å². The SMILES string of the molecule is N#Cc1cccc(-c2ccc3nc(-c4cccnc4N)n(-c4ccc(CN5CCN(c6ccncn6)CC5)cc4)c3n2)c1. The zero-order valence-electron chi connectivity index (χ0n) is 23.4. The fraction of sp³-hybridized carbons (Fsp3) is 0.152. The lowest BCUT2D eigenvalue weighted by molar-refractivity contribution is 0.249. The molecule has 2 N–H and O–H groups in total. The number of nitrogens with zero attached hydrogens (tertiary/aromatic N) is 9. The summed E-state index contributed by atoms with van der Waals surface area (Å²) in [6.45, 7) is 4.64. The third-order valence-corrected chi connectivity index (χ3v) is 7.73. The van der Waals surface area contributed by atoms with Gasteiger partial charge in [0.15, 0.2) is 11.5 Å². The van der Waals surface area contributed by atoms with Gasteiger partial charge in [-0.1, -0.05) is 24.3 Å². The maximum absolute atomic E-state index is 9.40. The highest BCUT2D eigenvalue weighted by Crippen LogP contribution is 2.32. The van der Waals surface area contributed by atoms with E-state index < -0.39 is 0 Å². The smallest absolute Gasteiger partial charge is 0.165 e. The molecule has 7 rings (SSSR count). The summed E-state index contributed by atoms with van der Waals surface area (Å²) in [5.41, 5.74) is 12.9. The molecule has 0 bridgehead atoms. The van der Waals surface area contributed by atoms with E-state index in [-0.39, 0.29) is 0 Å². The van der Waals surface area contributed by atoms with Crippen molar-refractivity contribution in [2.45, 2.75) is 6.54 Å². The number of nitriles is 1. The summed E-state index contributed by atoms with van der Waals surface area (Å²) in [5, 5.41) is 9.40. The van der Waals surface area contributed by atoms with Gasteiger partial charge in [-0.3, -0.25) is 9.47 Å². The Morgan fingerprint density at radius 2 is 1.70 bits per heavy atom. The van der Waals surface area contributed by atoms with Crippen molar-refractivity contribution in [3.05, 3.63) is 109 Å². The van der Waals surface area contributed by atoms with Crippen LogP contribution in [0.15, 0.2) is 97.6 Å². The lowest BCUT2D eigenvalue weighted by atomic mass is 10.1. The molecular formula is C33H28N10. The molecule has 6 aromatic rings. The summed E-state index contributed by atoms with van der Waals surface area (Å²) < 4.78 is 2.03. The number of nitrogens with two attached hydrogens (primary N) is 1. The lowest BCUT2D eigenvalue weighted by Gasteiger charge is -2.35. The number of nitrogen functional groups attached to an aromatic ring is 1. The molecule has 0 atom stereocenters. The van der Waals surface area contributed by atoms with Crippen molar-refractivity contribution in [3.63, 3.8) is 0 Å². The fourth-order valence-electron chi connectivity index (χ4n) is 5.51. The Bertz CT molecular complexity index is 1940. The van der Waals surface area contributed by atoms with Gasteiger partial charge < -0.3 is 10.6 Å². The number of rotatable bonds is 6. The number of piperazine rings is 1. The van der Waals surface area contributed by atoms with E-state index >= 15 is 0 Å². The van der Waals surface area contributed by atoms with E-state index in [0.29, 0.717) is 22.9 Å². The first kappa shape index (κ1) is 26.3. The highest BCUT2D eigenvalue weighted by molar-refractivity contribution is 5.84. The molecule has 1 aliphatic heterocycles. The number of fused-ring (bicyclic) bond motifs is 1. The number of aromatic nitrogens is 6. The summed E-state index contributed by atoms with van der Waals surface area (Å²) >= 11 is 0. The Morgan fingerprint density at radius 3 is 2.47 bits per heavy atom. The van der Waals surface area contributed by atoms with Crippen molar-refractivity contribution in [2.75, 3.05) is 36.8 Å². The van der Waals surface area contributed by atoms with Crippen LogP contribution in [0.3, 0.4) is 0 Å². The average molecular weight is 565 g/mol. The predicted octanol–water partition coefficient (Wildman–Crippen LogP) is 4.72. The molecule has 2 aromatic carbocycles. The molecule has 210 valence electrons. The minimum atomic E-state index is 0.402. The number of hydrogen-bond donors (Lipinski definition) is 1. The van der Waals surface area contributed by atoms with Gasteiger partial charge in [0, 0.05) is 56.4 Å². The molecule has 0 radical (unpaired) electrons. The molecular weight excluding hydrogens is 536 g/mol. The second-order valence-electron chi connectivity index (χ2n) is 10.4. The highest BCUT2D eigenvalue weighted by atomic mass is 15.3. The highest BCUT2D eigenvalue weighted by Gasteiger charge is 2.20. The van der Waals surface area contributed by atoms with Gasteiger partial charge in [-0.05, 0) is 60.2 Å². The molecule has 1 fully saturated rings. The van der Waals surface area contributed by atoms with Crippen LogP contribution in [0.25, 0.3) is 39.5 Å². The van der Waals surface area contributed by atoms with Crippen LogP contribution in [-0.2, 0) is 6.54 Å². The molecule has 0 spiro atoms. The third-order valence-electron chi connectivity index (χ3n) is 7.73. The third kappa shape index (κ3) is 5.25. The minimum Gasteiger partial charge on any atom is -0.383 e. The van der Waals surface area contributed by atoms with Crippen LogP contribution in [-0.4, -0.2) is 60.6 Å². The van der Waals surface area contributed by atoms with E-state index in [1.807, 2.05) is 53.1 Å². The predicted molar refractivity (Wildman–Crippen MR) is 166 cm³/mol. The first-order valence-electron chi connectivity index (χ1n) is 14.1. The molecule has 0 amide bonds. The lowest BCUT2D eigenvalue weighted by Crippen LogP contribution is -2.46.